The zero-order valence-corrected chi connectivity index (χ0v) is 34.1. The summed E-state index contributed by atoms with van der Waals surface area (Å²) < 4.78 is 61.0. The second-order valence-corrected chi connectivity index (χ2v) is 16.3. The Morgan fingerprint density at radius 2 is 1.46 bits per heavy atom. The number of aromatic nitrogens is 3. The standard InChI is InChI=1S/C42H51F3N6O4S/c1-26-21-33-35(46-39(56-8)48-38(33)51-20-19-49(23-27(51)2)40(52)55-41(3,4)5)22-32(26)37-34(42(43,44)45)17-18-36(47-37)50(24-28-9-13-30(53-6)14-10-28)25-29-11-15-31(54-7)16-12-29/h9-18,26-27,32H,19-25H2,1-8H3/t26?,27-,32?/m0/s1. The van der Waals surface area contributed by atoms with Crippen LogP contribution in [0.5, 0.6) is 11.5 Å². The van der Waals surface area contributed by atoms with E-state index < -0.39 is 23.3 Å². The second-order valence-electron chi connectivity index (χ2n) is 15.6. The lowest BCUT2D eigenvalue weighted by Crippen LogP contribution is -2.55. The molecular formula is C42H51F3N6O4S. The number of carbonyl (C=O) groups excluding carboxylic acids is 1. The van der Waals surface area contributed by atoms with Gasteiger partial charge in [-0.15, -0.1) is 0 Å². The largest absolute Gasteiger partial charge is 0.497 e. The molecule has 1 saturated heterocycles. The number of hydrogen-bond donors (Lipinski definition) is 0. The highest BCUT2D eigenvalue weighted by Gasteiger charge is 2.41. The van der Waals surface area contributed by atoms with E-state index >= 15 is 0 Å². The summed E-state index contributed by atoms with van der Waals surface area (Å²) in [6, 6.07) is 17.9. The molecule has 3 atom stereocenters. The van der Waals surface area contributed by atoms with Crippen molar-refractivity contribution in [2.75, 3.05) is 49.9 Å². The molecule has 300 valence electrons. The van der Waals surface area contributed by atoms with Crippen molar-refractivity contribution < 1.29 is 32.2 Å². The summed E-state index contributed by atoms with van der Waals surface area (Å²) in [5.74, 6) is 1.90. The highest BCUT2D eigenvalue weighted by atomic mass is 32.2. The first kappa shape index (κ1) is 40.9. The fourth-order valence-corrected chi connectivity index (χ4v) is 7.87. The first-order valence-corrected chi connectivity index (χ1v) is 20.1. The number of halogens is 3. The Balaban J connectivity index is 1.35. The average molecular weight is 793 g/mol. The average Bonchev–Trinajstić information content (AvgIpc) is 3.16. The highest BCUT2D eigenvalue weighted by Crippen LogP contribution is 2.44. The predicted molar refractivity (Wildman–Crippen MR) is 213 cm³/mol. The molecule has 14 heteroatoms. The molecule has 0 spiro atoms. The van der Waals surface area contributed by atoms with E-state index in [2.05, 4.69) is 4.90 Å². The van der Waals surface area contributed by atoms with Gasteiger partial charge in [0.1, 0.15) is 28.7 Å². The number of carbonyl (C=O) groups is 1. The molecule has 6 rings (SSSR count). The normalized spacial score (nSPS) is 18.7. The monoisotopic (exact) mass is 792 g/mol. The van der Waals surface area contributed by atoms with Gasteiger partial charge in [-0.3, -0.25) is 0 Å². The van der Waals surface area contributed by atoms with Crippen LogP contribution in [0.25, 0.3) is 0 Å². The van der Waals surface area contributed by atoms with Gasteiger partial charge in [0, 0.05) is 50.2 Å². The summed E-state index contributed by atoms with van der Waals surface area (Å²) in [5.41, 5.74) is 2.27. The maximum atomic E-state index is 14.9. The number of pyridine rings is 1. The lowest BCUT2D eigenvalue weighted by Gasteiger charge is -2.42. The third-order valence-electron chi connectivity index (χ3n) is 10.4. The number of piperazine rings is 1. The number of amides is 1. The molecule has 1 amide bonds. The molecule has 0 N–H and O–H groups in total. The summed E-state index contributed by atoms with van der Waals surface area (Å²) in [5, 5.41) is 0.553. The first-order chi connectivity index (χ1) is 26.6. The lowest BCUT2D eigenvalue weighted by molar-refractivity contribution is -0.138. The Morgan fingerprint density at radius 1 is 0.857 bits per heavy atom. The number of hydrogen-bond acceptors (Lipinski definition) is 10. The van der Waals surface area contributed by atoms with Crippen molar-refractivity contribution >= 4 is 29.5 Å². The van der Waals surface area contributed by atoms with Crippen LogP contribution in [0, 0.1) is 5.92 Å². The minimum atomic E-state index is -4.61. The van der Waals surface area contributed by atoms with Crippen LogP contribution in [0.4, 0.5) is 29.6 Å². The number of fused-ring (bicyclic) bond motifs is 1. The van der Waals surface area contributed by atoms with Gasteiger partial charge in [-0.05, 0) is 100 Å². The molecule has 0 saturated carbocycles. The summed E-state index contributed by atoms with van der Waals surface area (Å²) in [4.78, 5) is 33.6. The molecule has 2 aliphatic rings. The third-order valence-corrected chi connectivity index (χ3v) is 10.9. The molecule has 3 heterocycles. The smallest absolute Gasteiger partial charge is 0.418 e. The van der Waals surface area contributed by atoms with Gasteiger partial charge >= 0.3 is 12.3 Å². The molecule has 1 aliphatic heterocycles. The van der Waals surface area contributed by atoms with Crippen LogP contribution >= 0.6 is 11.8 Å². The van der Waals surface area contributed by atoms with Crippen LogP contribution in [0.2, 0.25) is 0 Å². The second kappa shape index (κ2) is 16.8. The molecule has 1 fully saturated rings. The summed E-state index contributed by atoms with van der Waals surface area (Å²) in [6.45, 7) is 11.8. The molecular weight excluding hydrogens is 742 g/mol. The highest BCUT2D eigenvalue weighted by molar-refractivity contribution is 7.98. The Morgan fingerprint density at radius 3 is 1.98 bits per heavy atom. The van der Waals surface area contributed by atoms with Crippen molar-refractivity contribution in [1.29, 1.82) is 0 Å². The molecule has 2 aromatic heterocycles. The fraction of sp³-hybridized carbons (Fsp3) is 0.476. The van der Waals surface area contributed by atoms with Gasteiger partial charge in [-0.2, -0.15) is 13.2 Å². The van der Waals surface area contributed by atoms with E-state index in [1.165, 1.54) is 23.9 Å². The zero-order valence-electron chi connectivity index (χ0n) is 33.3. The molecule has 2 aromatic carbocycles. The van der Waals surface area contributed by atoms with Gasteiger partial charge in [-0.25, -0.2) is 19.7 Å². The topological polar surface area (TPSA) is 93.2 Å². The van der Waals surface area contributed by atoms with Gasteiger partial charge in [-0.1, -0.05) is 43.0 Å². The van der Waals surface area contributed by atoms with Gasteiger partial charge in [0.25, 0.3) is 0 Å². The van der Waals surface area contributed by atoms with Crippen molar-refractivity contribution in [3.8, 4) is 11.5 Å². The number of thioether (sulfide) groups is 1. The van der Waals surface area contributed by atoms with Crippen LogP contribution in [0.1, 0.15) is 74.2 Å². The molecule has 2 unspecified atom stereocenters. The number of nitrogens with zero attached hydrogens (tertiary/aromatic N) is 6. The third kappa shape index (κ3) is 9.45. The number of rotatable bonds is 10. The van der Waals surface area contributed by atoms with E-state index in [1.807, 2.05) is 94.3 Å². The van der Waals surface area contributed by atoms with E-state index in [0.717, 1.165) is 28.2 Å². The lowest BCUT2D eigenvalue weighted by atomic mass is 9.75. The van der Waals surface area contributed by atoms with Crippen LogP contribution in [0.15, 0.2) is 65.8 Å². The van der Waals surface area contributed by atoms with Gasteiger partial charge in [0.05, 0.1) is 31.2 Å². The number of methoxy groups -OCH3 is 2. The van der Waals surface area contributed by atoms with Crippen molar-refractivity contribution in [2.24, 2.45) is 5.92 Å². The summed E-state index contributed by atoms with van der Waals surface area (Å²) in [7, 11) is 3.21. The fourth-order valence-electron chi connectivity index (χ4n) is 7.49. The van der Waals surface area contributed by atoms with E-state index in [0.29, 0.717) is 61.6 Å². The molecule has 4 aromatic rings. The molecule has 1 aliphatic carbocycles. The molecule has 10 nitrogen and oxygen atoms in total. The number of ether oxygens (including phenoxy) is 3. The Bertz CT molecular complexity index is 1940. The Kier molecular flexibility index (Phi) is 12.3. The van der Waals surface area contributed by atoms with Gasteiger partial charge in [0.15, 0.2) is 5.16 Å². The van der Waals surface area contributed by atoms with Gasteiger partial charge in [0.2, 0.25) is 0 Å². The quantitative estimate of drug-likeness (QED) is 0.115. The van der Waals surface area contributed by atoms with Crippen molar-refractivity contribution in [3.05, 3.63) is 94.3 Å². The molecule has 0 bridgehead atoms. The van der Waals surface area contributed by atoms with Crippen LogP contribution in [0.3, 0.4) is 0 Å². The number of alkyl halides is 3. The van der Waals surface area contributed by atoms with Crippen LogP contribution in [-0.2, 0) is 36.8 Å². The maximum Gasteiger partial charge on any atom is 0.418 e. The van der Waals surface area contributed by atoms with E-state index in [-0.39, 0.29) is 30.2 Å². The summed E-state index contributed by atoms with van der Waals surface area (Å²) in [6.07, 6.45) is -2.31. The van der Waals surface area contributed by atoms with Gasteiger partial charge < -0.3 is 28.9 Å². The Hall–Kier alpha value is -4.72. The number of benzene rings is 2. The van der Waals surface area contributed by atoms with E-state index in [4.69, 9.17) is 29.2 Å². The predicted octanol–water partition coefficient (Wildman–Crippen LogP) is 8.80. The minimum Gasteiger partial charge on any atom is -0.497 e. The maximum absolute atomic E-state index is 14.9. The van der Waals surface area contributed by atoms with Crippen molar-refractivity contribution in [3.63, 3.8) is 0 Å². The van der Waals surface area contributed by atoms with E-state index in [1.54, 1.807) is 19.1 Å². The molecule has 56 heavy (non-hydrogen) atoms. The number of anilines is 2. The summed E-state index contributed by atoms with van der Waals surface area (Å²) >= 11 is 1.40. The Labute approximate surface area is 331 Å². The van der Waals surface area contributed by atoms with Crippen molar-refractivity contribution in [1.82, 2.24) is 19.9 Å². The zero-order chi connectivity index (χ0) is 40.4. The first-order valence-electron chi connectivity index (χ1n) is 18.8. The van der Waals surface area contributed by atoms with Crippen LogP contribution < -0.4 is 19.3 Å². The van der Waals surface area contributed by atoms with Crippen LogP contribution in [-0.4, -0.2) is 77.7 Å². The van der Waals surface area contributed by atoms with E-state index in [9.17, 15) is 18.0 Å². The minimum absolute atomic E-state index is 0.0211. The molecule has 0 radical (unpaired) electrons. The SMILES string of the molecule is COc1ccc(CN(Cc2ccc(OC)cc2)c2ccc(C(F)(F)F)c(C3Cc4nc(SC)nc(N5CCN(C(=O)OC(C)(C)C)C[C@@H]5C)c4CC3C)n2)cc1. The van der Waals surface area contributed by atoms with Crippen molar-refractivity contribution in [2.45, 2.75) is 89.4 Å².